The molecule has 0 aromatic rings. The summed E-state index contributed by atoms with van der Waals surface area (Å²) in [6, 6.07) is 0. The summed E-state index contributed by atoms with van der Waals surface area (Å²) in [6.07, 6.45) is 94.0. The van der Waals surface area contributed by atoms with Crippen LogP contribution in [0.25, 0.3) is 0 Å². The summed E-state index contributed by atoms with van der Waals surface area (Å²) in [4.78, 5) is 38.4. The molecule has 0 saturated carbocycles. The SMILES string of the molecule is CC/C=C\C/C=C\C/C=C\C/C=C\C/C=C\CCCCCC(=O)OC(COC(=O)CCCCCCCC/C=C\C/C=C\C/C=C\C/C=C\CC)COC(=O)CCCCCCCCCCCCCCCCCCCCCCCCCCC. The smallest absolute Gasteiger partial charge is 0.306 e. The minimum Gasteiger partial charge on any atom is -0.462 e. The molecule has 0 saturated heterocycles. The van der Waals surface area contributed by atoms with Crippen LogP contribution in [-0.4, -0.2) is 37.2 Å². The predicted octanol–water partition coefficient (Wildman–Crippen LogP) is 23.8. The van der Waals surface area contributed by atoms with Gasteiger partial charge in [-0.1, -0.05) is 316 Å². The standard InChI is InChI=1S/C75H128O6/c1-4-7-10-13-16-19-22-25-28-31-34-35-36-37-38-39-42-44-47-50-53-56-59-62-65-68-74(77)80-71-72(81-75(78)69-66-63-60-57-54-51-48-45-41-33-30-27-24-21-18-15-12-9-6-3)70-79-73(76)67-64-61-58-55-52-49-46-43-40-32-29-26-23-20-17-14-11-8-5-2/h8-9,11-12,17-18,20-21,26-27,29-30,40-41,43,45,51,54,72H,4-7,10,13-16,19,22-25,28,31-39,42,44,46-50,52-53,55-71H2,1-3H3/b11-8-,12-9-,20-17-,21-18-,29-26-,30-27-,43-40-,45-41-,54-51-. The van der Waals surface area contributed by atoms with Crippen molar-refractivity contribution in [1.29, 1.82) is 0 Å². The predicted molar refractivity (Wildman–Crippen MR) is 353 cm³/mol. The van der Waals surface area contributed by atoms with Crippen molar-refractivity contribution >= 4 is 17.9 Å². The maximum absolute atomic E-state index is 12.9. The van der Waals surface area contributed by atoms with Crippen LogP contribution >= 0.6 is 0 Å². The highest BCUT2D eigenvalue weighted by molar-refractivity contribution is 5.71. The number of ether oxygens (including phenoxy) is 3. The summed E-state index contributed by atoms with van der Waals surface area (Å²) in [6.45, 7) is 6.42. The highest BCUT2D eigenvalue weighted by Crippen LogP contribution is 2.17. The molecule has 6 nitrogen and oxygen atoms in total. The lowest BCUT2D eigenvalue weighted by Crippen LogP contribution is -2.30. The number of hydrogen-bond acceptors (Lipinski definition) is 6. The van der Waals surface area contributed by atoms with Crippen molar-refractivity contribution < 1.29 is 28.6 Å². The van der Waals surface area contributed by atoms with E-state index < -0.39 is 6.10 Å². The Bertz CT molecular complexity index is 1620. The summed E-state index contributed by atoms with van der Waals surface area (Å²) in [5, 5.41) is 0. The molecule has 1 unspecified atom stereocenters. The molecule has 464 valence electrons. The van der Waals surface area contributed by atoms with E-state index in [4.69, 9.17) is 14.2 Å². The Hall–Kier alpha value is -3.93. The van der Waals surface area contributed by atoms with Gasteiger partial charge in [-0.25, -0.2) is 0 Å². The van der Waals surface area contributed by atoms with Crippen molar-refractivity contribution in [3.63, 3.8) is 0 Å². The van der Waals surface area contributed by atoms with Crippen LogP contribution in [-0.2, 0) is 28.6 Å². The van der Waals surface area contributed by atoms with Crippen LogP contribution in [0.5, 0.6) is 0 Å². The fourth-order valence-corrected chi connectivity index (χ4v) is 9.70. The minimum absolute atomic E-state index is 0.0950. The normalized spacial score (nSPS) is 12.8. The number of carbonyl (C=O) groups excluding carboxylic acids is 3. The summed E-state index contributed by atoms with van der Waals surface area (Å²) < 4.78 is 16.9. The zero-order valence-electron chi connectivity index (χ0n) is 53.3. The Morgan fingerprint density at radius 2 is 0.481 bits per heavy atom. The van der Waals surface area contributed by atoms with Gasteiger partial charge >= 0.3 is 17.9 Å². The van der Waals surface area contributed by atoms with Crippen molar-refractivity contribution in [3.05, 3.63) is 109 Å². The molecule has 1 atom stereocenters. The second kappa shape index (κ2) is 68.6. The lowest BCUT2D eigenvalue weighted by atomic mass is 10.0. The first kappa shape index (κ1) is 77.1. The lowest BCUT2D eigenvalue weighted by Gasteiger charge is -2.18. The number of hydrogen-bond donors (Lipinski definition) is 0. The zero-order chi connectivity index (χ0) is 58.5. The van der Waals surface area contributed by atoms with Crippen LogP contribution in [0.15, 0.2) is 109 Å². The van der Waals surface area contributed by atoms with Crippen molar-refractivity contribution in [1.82, 2.24) is 0 Å². The van der Waals surface area contributed by atoms with Crippen molar-refractivity contribution in [3.8, 4) is 0 Å². The largest absolute Gasteiger partial charge is 0.462 e. The molecule has 81 heavy (non-hydrogen) atoms. The molecular formula is C75H128O6. The Labute approximate surface area is 501 Å². The molecule has 0 rings (SSSR count). The Morgan fingerprint density at radius 1 is 0.259 bits per heavy atom. The third kappa shape index (κ3) is 66.8. The quantitative estimate of drug-likeness (QED) is 0.0261. The van der Waals surface area contributed by atoms with Crippen LogP contribution in [0.3, 0.4) is 0 Å². The Morgan fingerprint density at radius 3 is 0.765 bits per heavy atom. The van der Waals surface area contributed by atoms with E-state index in [1.165, 1.54) is 154 Å². The first-order chi connectivity index (χ1) is 40.0. The number of unbranched alkanes of at least 4 members (excludes halogenated alkanes) is 33. The molecule has 0 aromatic heterocycles. The molecule has 0 radical (unpaired) electrons. The van der Waals surface area contributed by atoms with Gasteiger partial charge in [0.25, 0.3) is 0 Å². The number of allylic oxidation sites excluding steroid dienone is 18. The monoisotopic (exact) mass is 1120 g/mol. The topological polar surface area (TPSA) is 78.9 Å². The van der Waals surface area contributed by atoms with Gasteiger partial charge in [-0.3, -0.25) is 14.4 Å². The lowest BCUT2D eigenvalue weighted by molar-refractivity contribution is -0.167. The molecule has 0 aliphatic heterocycles. The van der Waals surface area contributed by atoms with Crippen LogP contribution in [0.4, 0.5) is 0 Å². The summed E-state index contributed by atoms with van der Waals surface area (Å²) in [5.74, 6) is -0.929. The molecule has 0 spiro atoms. The van der Waals surface area contributed by atoms with E-state index in [1.807, 2.05) is 0 Å². The third-order valence-electron chi connectivity index (χ3n) is 14.8. The van der Waals surface area contributed by atoms with E-state index >= 15 is 0 Å². The van der Waals surface area contributed by atoms with Crippen molar-refractivity contribution in [2.75, 3.05) is 13.2 Å². The summed E-state index contributed by atoms with van der Waals surface area (Å²) in [7, 11) is 0. The molecular weight excluding hydrogens is 997 g/mol. The first-order valence-electron chi connectivity index (χ1n) is 34.4. The highest BCUT2D eigenvalue weighted by Gasteiger charge is 2.19. The molecule has 0 N–H and O–H groups in total. The van der Waals surface area contributed by atoms with Gasteiger partial charge in [0.1, 0.15) is 13.2 Å². The molecule has 0 bridgehead atoms. The molecule has 6 heteroatoms. The van der Waals surface area contributed by atoms with Crippen molar-refractivity contribution in [2.24, 2.45) is 0 Å². The number of carbonyl (C=O) groups is 3. The molecule has 0 aliphatic rings. The van der Waals surface area contributed by atoms with E-state index in [0.717, 1.165) is 135 Å². The van der Waals surface area contributed by atoms with E-state index in [2.05, 4.69) is 130 Å². The van der Waals surface area contributed by atoms with E-state index in [9.17, 15) is 14.4 Å². The van der Waals surface area contributed by atoms with Crippen LogP contribution < -0.4 is 0 Å². The summed E-state index contributed by atoms with van der Waals surface area (Å²) >= 11 is 0. The van der Waals surface area contributed by atoms with Gasteiger partial charge in [0.05, 0.1) is 0 Å². The molecule has 0 fully saturated rings. The van der Waals surface area contributed by atoms with Crippen LogP contribution in [0.1, 0.15) is 329 Å². The van der Waals surface area contributed by atoms with E-state index in [0.29, 0.717) is 12.8 Å². The molecule has 0 heterocycles. The van der Waals surface area contributed by atoms with Gasteiger partial charge in [0.2, 0.25) is 0 Å². The molecule has 0 aliphatic carbocycles. The average Bonchev–Trinajstić information content (AvgIpc) is 3.47. The summed E-state index contributed by atoms with van der Waals surface area (Å²) in [5.41, 5.74) is 0. The van der Waals surface area contributed by atoms with Crippen molar-refractivity contribution in [2.45, 2.75) is 335 Å². The van der Waals surface area contributed by atoms with Crippen LogP contribution in [0.2, 0.25) is 0 Å². The van der Waals surface area contributed by atoms with Gasteiger partial charge in [0.15, 0.2) is 6.10 Å². The Kier molecular flexibility index (Phi) is 65.2. The van der Waals surface area contributed by atoms with Gasteiger partial charge in [-0.2, -0.15) is 0 Å². The van der Waals surface area contributed by atoms with E-state index in [1.54, 1.807) is 0 Å². The van der Waals surface area contributed by atoms with Crippen LogP contribution in [0, 0.1) is 0 Å². The maximum Gasteiger partial charge on any atom is 0.306 e. The zero-order valence-corrected chi connectivity index (χ0v) is 53.3. The highest BCUT2D eigenvalue weighted by atomic mass is 16.6. The molecule has 0 aromatic carbocycles. The third-order valence-corrected chi connectivity index (χ3v) is 14.8. The second-order valence-corrected chi connectivity index (χ2v) is 22.7. The molecule has 0 amide bonds. The number of rotatable bonds is 62. The van der Waals surface area contributed by atoms with E-state index in [-0.39, 0.29) is 37.5 Å². The van der Waals surface area contributed by atoms with Gasteiger partial charge in [-0.05, 0) is 103 Å². The maximum atomic E-state index is 12.9. The minimum atomic E-state index is -0.805. The average molecular weight is 1130 g/mol. The Balaban J connectivity index is 4.40. The van der Waals surface area contributed by atoms with Gasteiger partial charge < -0.3 is 14.2 Å². The van der Waals surface area contributed by atoms with Gasteiger partial charge in [-0.15, -0.1) is 0 Å². The second-order valence-electron chi connectivity index (χ2n) is 22.7. The fraction of sp³-hybridized carbons (Fsp3) is 0.720. The number of esters is 3. The van der Waals surface area contributed by atoms with Gasteiger partial charge in [0, 0.05) is 19.3 Å². The first-order valence-corrected chi connectivity index (χ1v) is 34.4. The fourth-order valence-electron chi connectivity index (χ4n) is 9.70.